The van der Waals surface area contributed by atoms with E-state index >= 15 is 0 Å². The number of hydrogen-bond acceptors (Lipinski definition) is 7. The summed E-state index contributed by atoms with van der Waals surface area (Å²) in [5.74, 6) is 2.91. The van der Waals surface area contributed by atoms with Gasteiger partial charge < -0.3 is 14.6 Å². The molecule has 108 valence electrons. The fraction of sp³-hybridized carbons (Fsp3) is 0.538. The molecule has 0 radical (unpaired) electrons. The Morgan fingerprint density at radius 1 is 1.30 bits per heavy atom. The Bertz CT molecular complexity index is 555. The van der Waals surface area contributed by atoms with E-state index in [2.05, 4.69) is 39.3 Å². The molecule has 1 N–H and O–H groups in total. The highest BCUT2D eigenvalue weighted by Gasteiger charge is 2.15. The number of nitrogens with zero attached hydrogens (tertiary/aromatic N) is 4. The first-order chi connectivity index (χ1) is 9.58. The van der Waals surface area contributed by atoms with E-state index in [1.807, 2.05) is 6.92 Å². The van der Waals surface area contributed by atoms with Crippen LogP contribution in [-0.2, 0) is 6.42 Å². The molecule has 0 aliphatic rings. The fourth-order valence-corrected chi connectivity index (χ4v) is 1.71. The Labute approximate surface area is 117 Å². The highest BCUT2D eigenvalue weighted by atomic mass is 16.5. The summed E-state index contributed by atoms with van der Waals surface area (Å²) >= 11 is 0. The molecular formula is C13H19N5O2. The van der Waals surface area contributed by atoms with Crippen LogP contribution in [0, 0.1) is 5.92 Å². The molecule has 0 amide bonds. The van der Waals surface area contributed by atoms with Crippen LogP contribution < -0.4 is 10.1 Å². The first-order valence-electron chi connectivity index (χ1n) is 6.53. The molecule has 2 rings (SSSR count). The lowest BCUT2D eigenvalue weighted by Gasteiger charge is -2.10. The molecule has 2 aromatic rings. The van der Waals surface area contributed by atoms with Crippen molar-refractivity contribution in [1.82, 2.24) is 20.1 Å². The van der Waals surface area contributed by atoms with Gasteiger partial charge in [-0.15, -0.1) is 0 Å². The fourth-order valence-electron chi connectivity index (χ4n) is 1.71. The molecule has 2 heterocycles. The Kier molecular flexibility index (Phi) is 4.49. The normalized spacial score (nSPS) is 12.4. The third-order valence-electron chi connectivity index (χ3n) is 2.66. The molecule has 20 heavy (non-hydrogen) atoms. The lowest BCUT2D eigenvalue weighted by molar-refractivity contribution is 0.360. The number of aromatic nitrogens is 4. The van der Waals surface area contributed by atoms with Crippen LogP contribution in [0.2, 0.25) is 0 Å². The van der Waals surface area contributed by atoms with Gasteiger partial charge in [-0.3, -0.25) is 0 Å². The van der Waals surface area contributed by atoms with Gasteiger partial charge in [0.25, 0.3) is 0 Å². The average Bonchev–Trinajstić information content (AvgIpc) is 2.86. The summed E-state index contributed by atoms with van der Waals surface area (Å²) < 4.78 is 10.3. The summed E-state index contributed by atoms with van der Waals surface area (Å²) in [5.41, 5.74) is 0. The van der Waals surface area contributed by atoms with Crippen molar-refractivity contribution >= 4 is 5.82 Å². The molecule has 0 unspecified atom stereocenters. The van der Waals surface area contributed by atoms with Crippen LogP contribution >= 0.6 is 0 Å². The van der Waals surface area contributed by atoms with E-state index in [4.69, 9.17) is 9.26 Å². The summed E-state index contributed by atoms with van der Waals surface area (Å²) in [5, 5.41) is 7.14. The maximum Gasteiger partial charge on any atom is 0.248 e. The van der Waals surface area contributed by atoms with E-state index in [-0.39, 0.29) is 6.04 Å². The maximum atomic E-state index is 5.26. The van der Waals surface area contributed by atoms with Crippen molar-refractivity contribution in [2.75, 3.05) is 12.4 Å². The molecule has 7 nitrogen and oxygen atoms in total. The van der Waals surface area contributed by atoms with Crippen LogP contribution in [0.5, 0.6) is 5.88 Å². The van der Waals surface area contributed by atoms with Crippen molar-refractivity contribution in [3.63, 3.8) is 0 Å². The van der Waals surface area contributed by atoms with Crippen LogP contribution in [0.1, 0.15) is 38.5 Å². The standard InChI is InChI=1S/C13H19N5O2/c1-8(2)5-11-17-13(20-18-11)9(3)16-10-6-12(19-4)15-7-14-10/h6-9H,5H2,1-4H3,(H,14,15,16)/t9-/m0/s1. The van der Waals surface area contributed by atoms with Gasteiger partial charge in [-0.1, -0.05) is 19.0 Å². The molecule has 7 heteroatoms. The minimum Gasteiger partial charge on any atom is -0.481 e. The molecule has 0 fully saturated rings. The molecule has 0 bridgehead atoms. The molecule has 2 aromatic heterocycles. The Balaban J connectivity index is 2.03. The molecule has 0 saturated heterocycles. The van der Waals surface area contributed by atoms with Gasteiger partial charge in [-0.2, -0.15) is 4.98 Å². The van der Waals surface area contributed by atoms with Crippen LogP contribution in [0.4, 0.5) is 5.82 Å². The van der Waals surface area contributed by atoms with Crippen LogP contribution in [0.3, 0.4) is 0 Å². The molecule has 0 aliphatic carbocycles. The molecule has 1 atom stereocenters. The minimum absolute atomic E-state index is 0.136. The predicted molar refractivity (Wildman–Crippen MR) is 73.5 cm³/mol. The molecule has 0 aliphatic heterocycles. The van der Waals surface area contributed by atoms with Crippen LogP contribution in [0.25, 0.3) is 0 Å². The van der Waals surface area contributed by atoms with E-state index < -0.39 is 0 Å². The Morgan fingerprint density at radius 2 is 2.10 bits per heavy atom. The maximum absolute atomic E-state index is 5.26. The van der Waals surface area contributed by atoms with Crippen LogP contribution in [-0.4, -0.2) is 27.2 Å². The van der Waals surface area contributed by atoms with Crippen molar-refractivity contribution in [2.45, 2.75) is 33.2 Å². The molecule has 0 aromatic carbocycles. The highest BCUT2D eigenvalue weighted by molar-refractivity contribution is 5.38. The predicted octanol–water partition coefficient (Wildman–Crippen LogP) is 2.24. The lowest BCUT2D eigenvalue weighted by Crippen LogP contribution is -2.09. The van der Waals surface area contributed by atoms with E-state index in [9.17, 15) is 0 Å². The number of rotatable bonds is 6. The number of hydrogen-bond donors (Lipinski definition) is 1. The van der Waals surface area contributed by atoms with Gasteiger partial charge in [0.05, 0.1) is 7.11 Å². The van der Waals surface area contributed by atoms with E-state index in [1.54, 1.807) is 13.2 Å². The summed E-state index contributed by atoms with van der Waals surface area (Å²) in [6, 6.07) is 1.57. The van der Waals surface area contributed by atoms with Crippen molar-refractivity contribution in [3.8, 4) is 5.88 Å². The summed E-state index contributed by atoms with van der Waals surface area (Å²) in [7, 11) is 1.56. The van der Waals surface area contributed by atoms with Crippen molar-refractivity contribution in [3.05, 3.63) is 24.1 Å². The summed E-state index contributed by atoms with van der Waals surface area (Å²) in [4.78, 5) is 12.4. The molecular weight excluding hydrogens is 258 g/mol. The quantitative estimate of drug-likeness (QED) is 0.866. The van der Waals surface area contributed by atoms with Crippen molar-refractivity contribution < 1.29 is 9.26 Å². The lowest BCUT2D eigenvalue weighted by atomic mass is 10.1. The third-order valence-corrected chi connectivity index (χ3v) is 2.66. The largest absolute Gasteiger partial charge is 0.481 e. The van der Waals surface area contributed by atoms with Gasteiger partial charge in [0.1, 0.15) is 18.2 Å². The first kappa shape index (κ1) is 14.2. The van der Waals surface area contributed by atoms with Gasteiger partial charge in [0.15, 0.2) is 5.82 Å². The van der Waals surface area contributed by atoms with E-state index in [0.29, 0.717) is 23.5 Å². The Hall–Kier alpha value is -2.18. The number of anilines is 1. The Morgan fingerprint density at radius 3 is 2.80 bits per heavy atom. The van der Waals surface area contributed by atoms with Crippen LogP contribution in [0.15, 0.2) is 16.9 Å². The van der Waals surface area contributed by atoms with Crippen molar-refractivity contribution in [2.24, 2.45) is 5.92 Å². The second kappa shape index (κ2) is 6.31. The molecule has 0 saturated carbocycles. The zero-order valence-corrected chi connectivity index (χ0v) is 12.1. The summed E-state index contributed by atoms with van der Waals surface area (Å²) in [6.07, 6.45) is 2.24. The monoisotopic (exact) mass is 277 g/mol. The SMILES string of the molecule is COc1cc(N[C@@H](C)c2nc(CC(C)C)no2)ncn1. The topological polar surface area (TPSA) is 86.0 Å². The van der Waals surface area contributed by atoms with Gasteiger partial charge >= 0.3 is 0 Å². The van der Waals surface area contributed by atoms with Gasteiger partial charge in [0.2, 0.25) is 11.8 Å². The second-order valence-electron chi connectivity index (χ2n) is 4.96. The highest BCUT2D eigenvalue weighted by Crippen LogP contribution is 2.18. The zero-order valence-electron chi connectivity index (χ0n) is 12.1. The van der Waals surface area contributed by atoms with Gasteiger partial charge in [-0.05, 0) is 12.8 Å². The smallest absolute Gasteiger partial charge is 0.248 e. The number of methoxy groups -OCH3 is 1. The van der Waals surface area contributed by atoms with Crippen molar-refractivity contribution in [1.29, 1.82) is 0 Å². The van der Waals surface area contributed by atoms with Gasteiger partial charge in [-0.25, -0.2) is 9.97 Å². The average molecular weight is 277 g/mol. The number of nitrogens with one attached hydrogen (secondary N) is 1. The molecule has 0 spiro atoms. The number of ether oxygens (including phenoxy) is 1. The first-order valence-corrected chi connectivity index (χ1v) is 6.53. The zero-order chi connectivity index (χ0) is 14.5. The third kappa shape index (κ3) is 3.66. The second-order valence-corrected chi connectivity index (χ2v) is 4.96. The van der Waals surface area contributed by atoms with E-state index in [1.165, 1.54) is 6.33 Å². The minimum atomic E-state index is -0.136. The van der Waals surface area contributed by atoms with E-state index in [0.717, 1.165) is 12.2 Å². The van der Waals surface area contributed by atoms with Gasteiger partial charge in [0, 0.05) is 12.5 Å². The summed E-state index contributed by atoms with van der Waals surface area (Å²) in [6.45, 7) is 6.16.